The lowest BCUT2D eigenvalue weighted by atomic mass is 10.2. The van der Waals surface area contributed by atoms with Crippen molar-refractivity contribution in [3.8, 4) is 5.75 Å². The molecule has 1 aromatic heterocycles. The Bertz CT molecular complexity index is 861. The van der Waals surface area contributed by atoms with E-state index in [1.807, 2.05) is 18.2 Å². The van der Waals surface area contributed by atoms with E-state index in [4.69, 9.17) is 21.7 Å². The summed E-state index contributed by atoms with van der Waals surface area (Å²) in [4.78, 5) is 17.7. The van der Waals surface area contributed by atoms with Gasteiger partial charge in [0, 0.05) is 37.6 Å². The van der Waals surface area contributed by atoms with Crippen molar-refractivity contribution in [3.63, 3.8) is 0 Å². The van der Waals surface area contributed by atoms with Crippen molar-refractivity contribution in [2.24, 2.45) is 0 Å². The van der Waals surface area contributed by atoms with Gasteiger partial charge in [-0.1, -0.05) is 19.1 Å². The molecular weight excluding hydrogens is 406 g/mol. The van der Waals surface area contributed by atoms with Crippen LogP contribution in [-0.4, -0.2) is 61.3 Å². The normalized spacial score (nSPS) is 14.5. The fraction of sp³-hybridized carbons (Fsp3) is 0.429. The molecule has 8 heteroatoms. The number of thiocarbonyl (C=S) groups is 1. The third-order valence-electron chi connectivity index (χ3n) is 4.96. The summed E-state index contributed by atoms with van der Waals surface area (Å²) in [5.74, 6) is 0.546. The number of esters is 1. The number of aryl methyl sites for hydroxylation is 1. The number of carbonyl (C=O) groups excluding carboxylic acids is 1. The lowest BCUT2D eigenvalue weighted by Gasteiger charge is -2.36. The zero-order valence-corrected chi connectivity index (χ0v) is 18.7. The van der Waals surface area contributed by atoms with Gasteiger partial charge in [0.1, 0.15) is 10.8 Å². The maximum atomic E-state index is 12.1. The first-order chi connectivity index (χ1) is 14.0. The summed E-state index contributed by atoms with van der Waals surface area (Å²) in [5.41, 5.74) is 1.79. The molecule has 1 fully saturated rings. The highest BCUT2D eigenvalue weighted by Gasteiger charge is 2.22. The van der Waals surface area contributed by atoms with Crippen LogP contribution in [-0.2, 0) is 17.7 Å². The van der Waals surface area contributed by atoms with Crippen LogP contribution in [0.15, 0.2) is 30.3 Å². The summed E-state index contributed by atoms with van der Waals surface area (Å²) in [6.07, 6.45) is 0.867. The molecule has 0 saturated carbocycles. The number of hydrogen-bond donors (Lipinski definition) is 1. The number of rotatable bonds is 6. The van der Waals surface area contributed by atoms with Gasteiger partial charge < -0.3 is 19.7 Å². The Kier molecular flexibility index (Phi) is 7.46. The molecule has 1 aliphatic rings. The van der Waals surface area contributed by atoms with Crippen LogP contribution in [0.5, 0.6) is 5.75 Å². The monoisotopic (exact) mass is 433 g/mol. The molecule has 6 nitrogen and oxygen atoms in total. The SMILES string of the molecule is CCc1cc(C(=O)OC)c(NC(=S)N2CCN(Cc3cccc(OC)c3)CC2)s1. The third-order valence-corrected chi connectivity index (χ3v) is 6.51. The van der Waals surface area contributed by atoms with Gasteiger partial charge in [-0.15, -0.1) is 11.3 Å². The van der Waals surface area contributed by atoms with Crippen molar-refractivity contribution in [2.45, 2.75) is 19.9 Å². The van der Waals surface area contributed by atoms with Crippen LogP contribution in [0.2, 0.25) is 0 Å². The Morgan fingerprint density at radius 3 is 2.62 bits per heavy atom. The molecule has 2 aromatic rings. The molecule has 1 aliphatic heterocycles. The molecule has 0 aliphatic carbocycles. The Morgan fingerprint density at radius 1 is 1.21 bits per heavy atom. The molecule has 0 amide bonds. The second kappa shape index (κ2) is 10.0. The highest BCUT2D eigenvalue weighted by atomic mass is 32.1. The Morgan fingerprint density at radius 2 is 1.97 bits per heavy atom. The summed E-state index contributed by atoms with van der Waals surface area (Å²) < 4.78 is 10.2. The van der Waals surface area contributed by atoms with Crippen molar-refractivity contribution >= 4 is 39.6 Å². The van der Waals surface area contributed by atoms with Crippen LogP contribution >= 0.6 is 23.6 Å². The van der Waals surface area contributed by atoms with Crippen LogP contribution in [0.25, 0.3) is 0 Å². The fourth-order valence-electron chi connectivity index (χ4n) is 3.28. The van der Waals surface area contributed by atoms with Crippen LogP contribution in [0.4, 0.5) is 5.00 Å². The third kappa shape index (κ3) is 5.46. The number of thiophene rings is 1. The molecule has 0 atom stereocenters. The van der Waals surface area contributed by atoms with E-state index in [2.05, 4.69) is 34.2 Å². The molecule has 29 heavy (non-hydrogen) atoms. The summed E-state index contributed by atoms with van der Waals surface area (Å²) in [7, 11) is 3.09. The summed E-state index contributed by atoms with van der Waals surface area (Å²) in [6, 6.07) is 10.1. The summed E-state index contributed by atoms with van der Waals surface area (Å²) >= 11 is 7.17. The van der Waals surface area contributed by atoms with E-state index in [9.17, 15) is 4.79 Å². The molecule has 0 radical (unpaired) electrons. The number of hydrogen-bond acceptors (Lipinski definition) is 6. The predicted molar refractivity (Wildman–Crippen MR) is 121 cm³/mol. The van der Waals surface area contributed by atoms with Gasteiger partial charge in [0.15, 0.2) is 5.11 Å². The fourth-order valence-corrected chi connectivity index (χ4v) is 4.62. The van der Waals surface area contributed by atoms with Crippen molar-refractivity contribution in [1.82, 2.24) is 9.80 Å². The highest BCUT2D eigenvalue weighted by Crippen LogP contribution is 2.29. The van der Waals surface area contributed by atoms with Gasteiger partial charge in [0.2, 0.25) is 0 Å². The van der Waals surface area contributed by atoms with Crippen molar-refractivity contribution < 1.29 is 14.3 Å². The first-order valence-corrected chi connectivity index (χ1v) is 10.9. The minimum absolute atomic E-state index is 0.339. The van der Waals surface area contributed by atoms with Crippen LogP contribution in [0, 0.1) is 0 Å². The molecular formula is C21H27N3O3S2. The predicted octanol–water partition coefficient (Wildman–Crippen LogP) is 3.62. The van der Waals surface area contributed by atoms with Crippen LogP contribution in [0.1, 0.15) is 27.7 Å². The minimum Gasteiger partial charge on any atom is -0.497 e. The number of anilines is 1. The Balaban J connectivity index is 1.56. The molecule has 156 valence electrons. The first kappa shape index (κ1) is 21.5. The van der Waals surface area contributed by atoms with Gasteiger partial charge in [-0.05, 0) is 42.4 Å². The molecule has 1 saturated heterocycles. The number of methoxy groups -OCH3 is 2. The molecule has 1 N–H and O–H groups in total. The maximum absolute atomic E-state index is 12.1. The number of nitrogens with one attached hydrogen (secondary N) is 1. The average molecular weight is 434 g/mol. The maximum Gasteiger partial charge on any atom is 0.340 e. The van der Waals surface area contributed by atoms with E-state index >= 15 is 0 Å². The van der Waals surface area contributed by atoms with E-state index in [1.54, 1.807) is 18.4 Å². The van der Waals surface area contributed by atoms with E-state index in [0.717, 1.165) is 54.8 Å². The van der Waals surface area contributed by atoms with Gasteiger partial charge in [0.05, 0.1) is 19.8 Å². The summed E-state index contributed by atoms with van der Waals surface area (Å²) in [6.45, 7) is 6.49. The topological polar surface area (TPSA) is 54.0 Å². The molecule has 2 heterocycles. The number of carbonyl (C=O) groups is 1. The minimum atomic E-state index is -0.339. The zero-order chi connectivity index (χ0) is 20.8. The second-order valence-electron chi connectivity index (χ2n) is 6.85. The summed E-state index contributed by atoms with van der Waals surface area (Å²) in [5, 5.41) is 4.68. The van der Waals surface area contributed by atoms with E-state index < -0.39 is 0 Å². The van der Waals surface area contributed by atoms with Gasteiger partial charge in [-0.2, -0.15) is 0 Å². The molecule has 0 bridgehead atoms. The Labute approximate surface area is 181 Å². The highest BCUT2D eigenvalue weighted by molar-refractivity contribution is 7.80. The lowest BCUT2D eigenvalue weighted by Crippen LogP contribution is -2.49. The van der Waals surface area contributed by atoms with Gasteiger partial charge in [0.25, 0.3) is 0 Å². The molecule has 1 aromatic carbocycles. The second-order valence-corrected chi connectivity index (χ2v) is 8.37. The Hall–Kier alpha value is -2.16. The number of piperazine rings is 1. The van der Waals surface area contributed by atoms with Crippen LogP contribution < -0.4 is 10.1 Å². The quantitative estimate of drug-likeness (QED) is 0.552. The lowest BCUT2D eigenvalue weighted by molar-refractivity contribution is 0.0602. The largest absolute Gasteiger partial charge is 0.497 e. The molecule has 0 spiro atoms. The molecule has 0 unspecified atom stereocenters. The van der Waals surface area contributed by atoms with E-state index in [0.29, 0.717) is 10.7 Å². The zero-order valence-electron chi connectivity index (χ0n) is 17.1. The number of ether oxygens (including phenoxy) is 2. The standard InChI is InChI=1S/C21H27N3O3S2/c1-4-17-13-18(20(25)27-3)19(29-17)22-21(28)24-10-8-23(9-11-24)14-15-6-5-7-16(12-15)26-2/h5-7,12-13H,4,8-11,14H2,1-3H3,(H,22,28). The van der Waals surface area contributed by atoms with Gasteiger partial charge in [-0.25, -0.2) is 4.79 Å². The smallest absolute Gasteiger partial charge is 0.340 e. The number of benzene rings is 1. The van der Waals surface area contributed by atoms with Gasteiger partial charge >= 0.3 is 5.97 Å². The molecule has 3 rings (SSSR count). The first-order valence-electron chi connectivity index (χ1n) is 9.66. The average Bonchev–Trinajstić information content (AvgIpc) is 3.16. The van der Waals surface area contributed by atoms with Crippen molar-refractivity contribution in [3.05, 3.63) is 46.3 Å². The number of nitrogens with zero attached hydrogens (tertiary/aromatic N) is 2. The van der Waals surface area contributed by atoms with Crippen LogP contribution in [0.3, 0.4) is 0 Å². The van der Waals surface area contributed by atoms with Gasteiger partial charge in [-0.3, -0.25) is 4.90 Å². The van der Waals surface area contributed by atoms with E-state index in [-0.39, 0.29) is 5.97 Å². The van der Waals surface area contributed by atoms with Crippen molar-refractivity contribution in [1.29, 1.82) is 0 Å². The van der Waals surface area contributed by atoms with Crippen molar-refractivity contribution in [2.75, 3.05) is 45.7 Å². The van der Waals surface area contributed by atoms with E-state index in [1.165, 1.54) is 12.7 Å².